The van der Waals surface area contributed by atoms with Crippen molar-refractivity contribution in [2.24, 2.45) is 7.05 Å². The molecular weight excluding hydrogens is 492 g/mol. The first kappa shape index (κ1) is 24.8. The molecule has 3 aromatic rings. The van der Waals surface area contributed by atoms with Gasteiger partial charge in [0.05, 0.1) is 28.3 Å². The molecule has 0 fully saturated rings. The molecule has 0 amide bonds. The van der Waals surface area contributed by atoms with Crippen LogP contribution < -0.4 is 0 Å². The highest BCUT2D eigenvalue weighted by Gasteiger charge is 2.41. The average molecular weight is 511 g/mol. The van der Waals surface area contributed by atoms with E-state index in [2.05, 4.69) is 21.5 Å². The SMILES string of the molecule is C=C1c2c(nc(-c3ncc(-c4cc(C(F)(F)F)ccn4)cc3SCC)n2C)C=C(C(F)(F)F)N1C. The maximum Gasteiger partial charge on any atom is 0.431 e. The highest BCUT2D eigenvalue weighted by atomic mass is 32.2. The molecule has 0 saturated carbocycles. The summed E-state index contributed by atoms with van der Waals surface area (Å²) in [6.07, 6.45) is -5.69. The Morgan fingerprint density at radius 3 is 2.37 bits per heavy atom. The summed E-state index contributed by atoms with van der Waals surface area (Å²) in [6.45, 7) is 5.70. The second kappa shape index (κ2) is 8.74. The standard InChI is InChI=1S/C23H19F6N5S/c1-5-35-17-8-13(15-9-14(6-7-30-15)22(24,25)26)11-31-19(17)21-32-16-10-18(23(27,28)29)33(3)12(2)20(16)34(21)4/h6-11H,2,5H2,1,3-4H3. The van der Waals surface area contributed by atoms with Crippen molar-refractivity contribution in [2.45, 2.75) is 24.2 Å². The Morgan fingerprint density at radius 2 is 1.74 bits per heavy atom. The Morgan fingerprint density at radius 1 is 1.03 bits per heavy atom. The molecule has 0 aromatic carbocycles. The van der Waals surface area contributed by atoms with E-state index < -0.39 is 23.6 Å². The largest absolute Gasteiger partial charge is 0.431 e. The third-order valence-electron chi connectivity index (χ3n) is 5.47. The van der Waals surface area contributed by atoms with E-state index in [9.17, 15) is 26.3 Å². The summed E-state index contributed by atoms with van der Waals surface area (Å²) in [7, 11) is 2.93. The molecule has 0 saturated heterocycles. The Bertz CT molecular complexity index is 1340. The lowest BCUT2D eigenvalue weighted by Gasteiger charge is -2.29. The predicted molar refractivity (Wildman–Crippen MR) is 122 cm³/mol. The van der Waals surface area contributed by atoms with Crippen LogP contribution in [0.25, 0.3) is 34.5 Å². The molecule has 0 bridgehead atoms. The Labute approximate surface area is 201 Å². The summed E-state index contributed by atoms with van der Waals surface area (Å²) in [6, 6.07) is 3.49. The van der Waals surface area contributed by atoms with Gasteiger partial charge < -0.3 is 9.47 Å². The molecule has 35 heavy (non-hydrogen) atoms. The van der Waals surface area contributed by atoms with Gasteiger partial charge in [-0.1, -0.05) is 13.5 Å². The van der Waals surface area contributed by atoms with Gasteiger partial charge in [-0.05, 0) is 30.0 Å². The van der Waals surface area contributed by atoms with E-state index in [1.165, 1.54) is 25.0 Å². The van der Waals surface area contributed by atoms with Crippen LogP contribution in [0.5, 0.6) is 0 Å². The van der Waals surface area contributed by atoms with Gasteiger partial charge in [-0.3, -0.25) is 9.97 Å². The predicted octanol–water partition coefficient (Wildman–Crippen LogP) is 6.49. The van der Waals surface area contributed by atoms with Gasteiger partial charge in [0.2, 0.25) is 0 Å². The van der Waals surface area contributed by atoms with E-state index in [4.69, 9.17) is 0 Å². The van der Waals surface area contributed by atoms with Crippen molar-refractivity contribution in [1.29, 1.82) is 0 Å². The van der Waals surface area contributed by atoms with Crippen LogP contribution in [0.1, 0.15) is 23.9 Å². The summed E-state index contributed by atoms with van der Waals surface area (Å²) in [5.41, 5.74) is -0.205. The van der Waals surface area contributed by atoms with Crippen molar-refractivity contribution in [2.75, 3.05) is 12.8 Å². The molecule has 12 heteroatoms. The fourth-order valence-corrected chi connectivity index (χ4v) is 4.56. The molecular formula is C23H19F6N5S. The average Bonchev–Trinajstić information content (AvgIpc) is 3.11. The molecule has 0 unspecified atom stereocenters. The van der Waals surface area contributed by atoms with Gasteiger partial charge in [-0.25, -0.2) is 4.98 Å². The first-order valence-corrected chi connectivity index (χ1v) is 11.3. The number of imidazole rings is 1. The first-order valence-electron chi connectivity index (χ1n) is 10.3. The lowest BCUT2D eigenvalue weighted by molar-refractivity contribution is -0.137. The van der Waals surface area contributed by atoms with E-state index >= 15 is 0 Å². The quantitative estimate of drug-likeness (QED) is 0.296. The van der Waals surface area contributed by atoms with Crippen LogP contribution in [0.2, 0.25) is 0 Å². The van der Waals surface area contributed by atoms with Crippen LogP contribution in [0.4, 0.5) is 26.3 Å². The molecule has 0 radical (unpaired) electrons. The third kappa shape index (κ3) is 4.54. The molecule has 0 atom stereocenters. The number of thioether (sulfide) groups is 1. The van der Waals surface area contributed by atoms with Gasteiger partial charge >= 0.3 is 12.4 Å². The van der Waals surface area contributed by atoms with E-state index in [1.54, 1.807) is 17.7 Å². The maximum absolute atomic E-state index is 13.5. The van der Waals surface area contributed by atoms with Crippen LogP contribution in [-0.4, -0.2) is 43.4 Å². The Balaban J connectivity index is 1.84. The minimum absolute atomic E-state index is 0.101. The number of allylic oxidation sites excluding steroid dienone is 1. The van der Waals surface area contributed by atoms with Crippen LogP contribution in [-0.2, 0) is 13.2 Å². The zero-order valence-corrected chi connectivity index (χ0v) is 19.6. The monoisotopic (exact) mass is 511 g/mol. The van der Waals surface area contributed by atoms with E-state index in [0.29, 0.717) is 33.4 Å². The van der Waals surface area contributed by atoms with Crippen LogP contribution >= 0.6 is 11.8 Å². The normalized spacial score (nSPS) is 14.3. The van der Waals surface area contributed by atoms with Gasteiger partial charge in [-0.2, -0.15) is 26.3 Å². The van der Waals surface area contributed by atoms with Crippen molar-refractivity contribution in [1.82, 2.24) is 24.4 Å². The lowest BCUT2D eigenvalue weighted by Crippen LogP contribution is -2.30. The number of nitrogens with zero attached hydrogens (tertiary/aromatic N) is 5. The van der Waals surface area contributed by atoms with Crippen molar-refractivity contribution in [3.05, 3.63) is 59.8 Å². The van der Waals surface area contributed by atoms with E-state index in [0.717, 1.165) is 29.3 Å². The van der Waals surface area contributed by atoms with E-state index in [-0.39, 0.29) is 17.1 Å². The van der Waals surface area contributed by atoms with Crippen LogP contribution in [0.15, 0.2) is 47.8 Å². The van der Waals surface area contributed by atoms with Crippen LogP contribution in [0, 0.1) is 0 Å². The van der Waals surface area contributed by atoms with Gasteiger partial charge in [0.15, 0.2) is 5.82 Å². The second-order valence-corrected chi connectivity index (χ2v) is 9.00. The number of hydrogen-bond donors (Lipinski definition) is 0. The number of halogens is 6. The summed E-state index contributed by atoms with van der Waals surface area (Å²) in [4.78, 5) is 14.5. The summed E-state index contributed by atoms with van der Waals surface area (Å²) >= 11 is 1.38. The molecule has 1 aliphatic rings. The van der Waals surface area contributed by atoms with Gasteiger partial charge in [-0.15, -0.1) is 11.8 Å². The van der Waals surface area contributed by atoms with Crippen molar-refractivity contribution in [3.8, 4) is 22.8 Å². The lowest BCUT2D eigenvalue weighted by atomic mass is 10.1. The smallest absolute Gasteiger partial charge is 0.339 e. The molecule has 3 aromatic heterocycles. The fourth-order valence-electron chi connectivity index (χ4n) is 3.76. The molecule has 1 aliphatic heterocycles. The fraction of sp³-hybridized carbons (Fsp3) is 0.261. The van der Waals surface area contributed by atoms with Gasteiger partial charge in [0.25, 0.3) is 0 Å². The number of aromatic nitrogens is 4. The molecule has 4 rings (SSSR count). The number of rotatable bonds is 4. The first-order chi connectivity index (χ1) is 16.3. The zero-order chi connectivity index (χ0) is 25.7. The third-order valence-corrected chi connectivity index (χ3v) is 6.38. The molecule has 0 N–H and O–H groups in total. The minimum Gasteiger partial charge on any atom is -0.339 e. The Kier molecular flexibility index (Phi) is 6.20. The topological polar surface area (TPSA) is 46.8 Å². The van der Waals surface area contributed by atoms with Gasteiger partial charge in [0.1, 0.15) is 11.4 Å². The molecule has 4 heterocycles. The second-order valence-electron chi connectivity index (χ2n) is 7.69. The minimum atomic E-state index is -4.59. The zero-order valence-electron chi connectivity index (χ0n) is 18.8. The van der Waals surface area contributed by atoms with Gasteiger partial charge in [0, 0.05) is 36.9 Å². The van der Waals surface area contributed by atoms with Crippen molar-refractivity contribution in [3.63, 3.8) is 0 Å². The van der Waals surface area contributed by atoms with Crippen molar-refractivity contribution >= 4 is 23.5 Å². The molecule has 5 nitrogen and oxygen atoms in total. The molecule has 0 spiro atoms. The summed E-state index contributed by atoms with van der Waals surface area (Å²) in [5.74, 6) is 0.926. The Hall–Kier alpha value is -3.28. The summed E-state index contributed by atoms with van der Waals surface area (Å²) < 4.78 is 81.5. The number of alkyl halides is 6. The highest BCUT2D eigenvalue weighted by Crippen LogP contribution is 2.41. The number of pyridine rings is 2. The van der Waals surface area contributed by atoms with E-state index in [1.807, 2.05) is 6.92 Å². The molecule has 184 valence electrons. The van der Waals surface area contributed by atoms with Crippen molar-refractivity contribution < 1.29 is 26.3 Å². The number of hydrogen-bond acceptors (Lipinski definition) is 5. The maximum atomic E-state index is 13.5. The number of fused-ring (bicyclic) bond motifs is 1. The highest BCUT2D eigenvalue weighted by molar-refractivity contribution is 7.99. The summed E-state index contributed by atoms with van der Waals surface area (Å²) in [5, 5.41) is 0. The van der Waals surface area contributed by atoms with Crippen LogP contribution in [0.3, 0.4) is 0 Å². The molecule has 0 aliphatic carbocycles.